The van der Waals surface area contributed by atoms with Gasteiger partial charge in [-0.25, -0.2) is 4.98 Å². The molecule has 2 nitrogen and oxygen atoms in total. The Kier molecular flexibility index (Phi) is 5.10. The number of H-pyrrole nitrogens is 1. The van der Waals surface area contributed by atoms with Gasteiger partial charge in [0.2, 0.25) is 0 Å². The predicted octanol–water partition coefficient (Wildman–Crippen LogP) is 5.70. The molecular weight excluding hydrogens is 268 g/mol. The number of benzene rings is 1. The van der Waals surface area contributed by atoms with Gasteiger partial charge in [0.05, 0.1) is 11.9 Å². The third-order valence-electron chi connectivity index (χ3n) is 4.35. The van der Waals surface area contributed by atoms with E-state index in [4.69, 9.17) is 0 Å². The Hall–Kier alpha value is -1.57. The zero-order valence-corrected chi connectivity index (χ0v) is 15.0. The van der Waals surface area contributed by atoms with Gasteiger partial charge < -0.3 is 4.98 Å². The zero-order valence-electron chi connectivity index (χ0n) is 15.0. The molecule has 0 amide bonds. The molecule has 122 valence electrons. The summed E-state index contributed by atoms with van der Waals surface area (Å²) in [6.45, 7) is 13.1. The first-order valence-electron chi connectivity index (χ1n) is 8.70. The average Bonchev–Trinajstić information content (AvgIpc) is 3.16. The molecule has 0 atom stereocenters. The summed E-state index contributed by atoms with van der Waals surface area (Å²) in [5.74, 6) is 1.08. The SMILES string of the molecule is CC.CCc1ncc(-c2ccc(C(C)(C)C)c3c2CCC3)[nH]1.[HH]. The van der Waals surface area contributed by atoms with Gasteiger partial charge in [0.1, 0.15) is 5.82 Å². The number of imidazole rings is 1. The normalized spacial score (nSPS) is 13.5. The molecule has 1 N–H and O–H groups in total. The van der Waals surface area contributed by atoms with E-state index in [1.165, 1.54) is 36.1 Å². The Balaban J connectivity index is 0.000000849. The first-order chi connectivity index (χ1) is 10.5. The highest BCUT2D eigenvalue weighted by Crippen LogP contribution is 2.38. The van der Waals surface area contributed by atoms with Crippen LogP contribution in [0.1, 0.15) is 71.9 Å². The molecule has 2 heteroatoms. The van der Waals surface area contributed by atoms with Gasteiger partial charge in [0.15, 0.2) is 0 Å². The van der Waals surface area contributed by atoms with Gasteiger partial charge >= 0.3 is 0 Å². The maximum atomic E-state index is 4.45. The van der Waals surface area contributed by atoms with Crippen molar-refractivity contribution in [1.29, 1.82) is 0 Å². The lowest BCUT2D eigenvalue weighted by molar-refractivity contribution is 0.583. The van der Waals surface area contributed by atoms with Gasteiger partial charge in [-0.05, 0) is 41.4 Å². The summed E-state index contributed by atoms with van der Waals surface area (Å²) in [6, 6.07) is 4.61. The molecule has 22 heavy (non-hydrogen) atoms. The van der Waals surface area contributed by atoms with Crippen LogP contribution in [0.5, 0.6) is 0 Å². The summed E-state index contributed by atoms with van der Waals surface area (Å²) in [7, 11) is 0. The van der Waals surface area contributed by atoms with Crippen LogP contribution in [0.25, 0.3) is 11.3 Å². The highest BCUT2D eigenvalue weighted by atomic mass is 14.9. The highest BCUT2D eigenvalue weighted by molar-refractivity contribution is 5.68. The molecule has 0 saturated heterocycles. The van der Waals surface area contributed by atoms with E-state index in [1.807, 2.05) is 20.0 Å². The van der Waals surface area contributed by atoms with Crippen LogP contribution in [0, 0.1) is 0 Å². The van der Waals surface area contributed by atoms with E-state index < -0.39 is 0 Å². The van der Waals surface area contributed by atoms with E-state index in [0.717, 1.165) is 12.2 Å². The minimum atomic E-state index is 0. The van der Waals surface area contributed by atoms with Crippen molar-refractivity contribution < 1.29 is 1.43 Å². The number of hydrogen-bond donors (Lipinski definition) is 1. The number of aryl methyl sites for hydroxylation is 1. The molecule has 1 heterocycles. The third kappa shape index (κ3) is 3.11. The molecule has 2 aromatic rings. The quantitative estimate of drug-likeness (QED) is 0.757. The summed E-state index contributed by atoms with van der Waals surface area (Å²) in [4.78, 5) is 7.91. The summed E-state index contributed by atoms with van der Waals surface area (Å²) >= 11 is 0. The summed E-state index contributed by atoms with van der Waals surface area (Å²) in [5, 5.41) is 0. The monoisotopic (exact) mass is 300 g/mol. The molecule has 1 aromatic heterocycles. The molecule has 0 radical (unpaired) electrons. The van der Waals surface area contributed by atoms with Gasteiger partial charge in [0, 0.05) is 13.4 Å². The first-order valence-corrected chi connectivity index (χ1v) is 8.70. The first kappa shape index (κ1) is 16.8. The van der Waals surface area contributed by atoms with Crippen molar-refractivity contribution in [2.45, 2.75) is 72.6 Å². The minimum Gasteiger partial charge on any atom is -0.342 e. The minimum absolute atomic E-state index is 0. The molecule has 1 aliphatic carbocycles. The average molecular weight is 300 g/mol. The van der Waals surface area contributed by atoms with E-state index in [9.17, 15) is 0 Å². The zero-order chi connectivity index (χ0) is 16.3. The van der Waals surface area contributed by atoms with Crippen molar-refractivity contribution in [3.05, 3.63) is 40.8 Å². The van der Waals surface area contributed by atoms with Crippen LogP contribution in [-0.4, -0.2) is 9.97 Å². The number of aromatic nitrogens is 2. The molecule has 3 rings (SSSR count). The number of hydrogen-bond acceptors (Lipinski definition) is 1. The van der Waals surface area contributed by atoms with Crippen LogP contribution in [0.3, 0.4) is 0 Å². The van der Waals surface area contributed by atoms with Crippen molar-refractivity contribution in [2.24, 2.45) is 0 Å². The Bertz CT molecular complexity index is 636. The fourth-order valence-corrected chi connectivity index (χ4v) is 3.34. The van der Waals surface area contributed by atoms with Crippen LogP contribution in [0.4, 0.5) is 0 Å². The summed E-state index contributed by atoms with van der Waals surface area (Å²) in [6.07, 6.45) is 6.66. The lowest BCUT2D eigenvalue weighted by Crippen LogP contribution is -2.14. The molecular formula is C20H32N2. The van der Waals surface area contributed by atoms with Gasteiger partial charge in [0.25, 0.3) is 0 Å². The molecule has 0 fully saturated rings. The molecule has 1 aromatic carbocycles. The van der Waals surface area contributed by atoms with E-state index in [1.54, 1.807) is 11.1 Å². The Morgan fingerprint density at radius 2 is 1.82 bits per heavy atom. The van der Waals surface area contributed by atoms with Crippen LogP contribution in [0.15, 0.2) is 18.3 Å². The molecule has 1 aliphatic rings. The highest BCUT2D eigenvalue weighted by Gasteiger charge is 2.25. The fraction of sp³-hybridized carbons (Fsp3) is 0.550. The molecule has 0 aliphatic heterocycles. The standard InChI is InChI=1S/C18H24N2.C2H6.H2/c1-5-17-19-11-16(20-17)14-9-10-15(18(2,3)4)13-8-6-7-12(13)14;1-2;/h9-11H,5-8H2,1-4H3,(H,19,20);1-2H3;1H. The van der Waals surface area contributed by atoms with Crippen molar-refractivity contribution in [3.63, 3.8) is 0 Å². The number of fused-ring (bicyclic) bond motifs is 1. The predicted molar refractivity (Wildman–Crippen MR) is 97.6 cm³/mol. The van der Waals surface area contributed by atoms with E-state index in [0.29, 0.717) is 0 Å². The van der Waals surface area contributed by atoms with Gasteiger partial charge in [-0.3, -0.25) is 0 Å². The maximum absolute atomic E-state index is 4.45. The Labute approximate surface area is 136 Å². The number of aromatic amines is 1. The van der Waals surface area contributed by atoms with E-state index in [-0.39, 0.29) is 6.84 Å². The maximum Gasteiger partial charge on any atom is 0.106 e. The van der Waals surface area contributed by atoms with Gasteiger partial charge in [-0.2, -0.15) is 0 Å². The molecule has 0 spiro atoms. The molecule has 0 saturated carbocycles. The van der Waals surface area contributed by atoms with Gasteiger partial charge in [-0.15, -0.1) is 0 Å². The fourth-order valence-electron chi connectivity index (χ4n) is 3.34. The number of rotatable bonds is 2. The van der Waals surface area contributed by atoms with Crippen LogP contribution in [0.2, 0.25) is 0 Å². The summed E-state index contributed by atoms with van der Waals surface area (Å²) in [5.41, 5.74) is 7.42. The Morgan fingerprint density at radius 1 is 1.14 bits per heavy atom. The van der Waals surface area contributed by atoms with Crippen LogP contribution < -0.4 is 0 Å². The van der Waals surface area contributed by atoms with Crippen LogP contribution in [-0.2, 0) is 24.7 Å². The second-order valence-corrected chi connectivity index (χ2v) is 6.82. The van der Waals surface area contributed by atoms with Crippen molar-refractivity contribution in [3.8, 4) is 11.3 Å². The van der Waals surface area contributed by atoms with Crippen molar-refractivity contribution in [2.75, 3.05) is 0 Å². The molecule has 0 unspecified atom stereocenters. The number of nitrogens with zero attached hydrogens (tertiary/aromatic N) is 1. The molecule has 0 bridgehead atoms. The van der Waals surface area contributed by atoms with E-state index in [2.05, 4.69) is 49.8 Å². The lowest BCUT2D eigenvalue weighted by atomic mass is 9.81. The smallest absolute Gasteiger partial charge is 0.106 e. The Morgan fingerprint density at radius 3 is 2.41 bits per heavy atom. The third-order valence-corrected chi connectivity index (χ3v) is 4.35. The summed E-state index contributed by atoms with van der Waals surface area (Å²) < 4.78 is 0. The second kappa shape index (κ2) is 6.68. The van der Waals surface area contributed by atoms with Crippen molar-refractivity contribution >= 4 is 0 Å². The second-order valence-electron chi connectivity index (χ2n) is 6.82. The van der Waals surface area contributed by atoms with Crippen LogP contribution >= 0.6 is 0 Å². The van der Waals surface area contributed by atoms with E-state index >= 15 is 0 Å². The van der Waals surface area contributed by atoms with Crippen molar-refractivity contribution in [1.82, 2.24) is 9.97 Å². The number of nitrogens with one attached hydrogen (secondary N) is 1. The van der Waals surface area contributed by atoms with Gasteiger partial charge in [-0.1, -0.05) is 53.7 Å². The largest absolute Gasteiger partial charge is 0.342 e. The topological polar surface area (TPSA) is 28.7 Å². The lowest BCUT2D eigenvalue weighted by Gasteiger charge is -2.24.